The number of methoxy groups -OCH3 is 1. The van der Waals surface area contributed by atoms with Crippen molar-refractivity contribution in [2.45, 2.75) is 0 Å². The van der Waals surface area contributed by atoms with Gasteiger partial charge in [-0.3, -0.25) is 13.9 Å². The van der Waals surface area contributed by atoms with Gasteiger partial charge in [0.05, 0.1) is 31.0 Å². The van der Waals surface area contributed by atoms with Crippen LogP contribution in [-0.2, 0) is 19.6 Å². The molecule has 0 aliphatic rings. The van der Waals surface area contributed by atoms with Gasteiger partial charge in [-0.2, -0.15) is 5.10 Å². The van der Waals surface area contributed by atoms with Gasteiger partial charge >= 0.3 is 0 Å². The van der Waals surface area contributed by atoms with E-state index in [2.05, 4.69) is 15.8 Å². The van der Waals surface area contributed by atoms with E-state index in [-0.39, 0.29) is 28.2 Å². The summed E-state index contributed by atoms with van der Waals surface area (Å²) in [5, 5.41) is 7.03. The Kier molecular flexibility index (Phi) is 9.94. The van der Waals surface area contributed by atoms with Crippen LogP contribution in [0.4, 0.5) is 11.4 Å². The number of hydrogen-bond acceptors (Lipinski definition) is 7. The highest BCUT2D eigenvalue weighted by Gasteiger charge is 2.21. The van der Waals surface area contributed by atoms with E-state index in [4.69, 9.17) is 32.7 Å². The molecule has 13 heteroatoms. The average Bonchev–Trinajstić information content (AvgIpc) is 2.86. The summed E-state index contributed by atoms with van der Waals surface area (Å²) < 4.78 is 36.0. The van der Waals surface area contributed by atoms with Gasteiger partial charge in [0, 0.05) is 10.0 Å². The van der Waals surface area contributed by atoms with Crippen molar-refractivity contribution >= 4 is 62.6 Å². The van der Waals surface area contributed by atoms with E-state index in [1.807, 2.05) is 0 Å². The van der Waals surface area contributed by atoms with Crippen LogP contribution in [0.1, 0.15) is 5.56 Å². The number of benzene rings is 3. The van der Waals surface area contributed by atoms with E-state index >= 15 is 0 Å². The quantitative estimate of drug-likeness (QED) is 0.262. The van der Waals surface area contributed by atoms with Crippen molar-refractivity contribution in [2.75, 3.05) is 36.1 Å². The Labute approximate surface area is 230 Å². The number of rotatable bonds is 11. The fourth-order valence-electron chi connectivity index (χ4n) is 3.16. The Hall–Kier alpha value is -3.80. The summed E-state index contributed by atoms with van der Waals surface area (Å²) in [5.74, 6) is -0.0466. The number of hydrazone groups is 1. The summed E-state index contributed by atoms with van der Waals surface area (Å²) >= 11 is 11.9. The highest BCUT2D eigenvalue weighted by Crippen LogP contribution is 2.27. The highest BCUT2D eigenvalue weighted by atomic mass is 35.5. The summed E-state index contributed by atoms with van der Waals surface area (Å²) in [6.07, 6.45) is 2.33. The number of hydrogen-bond donors (Lipinski definition) is 2. The van der Waals surface area contributed by atoms with E-state index in [0.717, 1.165) is 10.6 Å². The molecule has 0 fully saturated rings. The number of nitrogens with one attached hydrogen (secondary N) is 2. The van der Waals surface area contributed by atoms with Crippen molar-refractivity contribution in [1.29, 1.82) is 0 Å². The zero-order valence-corrected chi connectivity index (χ0v) is 22.7. The standard InChI is InChI=1S/C25H24Cl2N4O6S/c1-36-23-6-4-3-5-22(23)29-25(33)16-37-21-9-7-17(8-10-21)14-28-30-24(32)15-31(38(2,34)35)20-12-18(26)11-19(27)13-20/h3-14H,15-16H2,1-2H3,(H,29,33)(H,30,32)/b28-14-. The van der Waals surface area contributed by atoms with Gasteiger partial charge in [-0.15, -0.1) is 0 Å². The number of anilines is 2. The number of nitrogens with zero attached hydrogens (tertiary/aromatic N) is 2. The lowest BCUT2D eigenvalue weighted by atomic mass is 10.2. The summed E-state index contributed by atoms with van der Waals surface area (Å²) in [4.78, 5) is 24.5. The smallest absolute Gasteiger partial charge is 0.262 e. The molecular weight excluding hydrogens is 555 g/mol. The Morgan fingerprint density at radius 2 is 1.66 bits per heavy atom. The zero-order chi connectivity index (χ0) is 27.7. The summed E-state index contributed by atoms with van der Waals surface area (Å²) in [6.45, 7) is -0.743. The second-order valence-electron chi connectivity index (χ2n) is 7.80. The van der Waals surface area contributed by atoms with E-state index in [9.17, 15) is 18.0 Å². The highest BCUT2D eigenvalue weighted by molar-refractivity contribution is 7.92. The van der Waals surface area contributed by atoms with E-state index in [0.29, 0.717) is 22.7 Å². The molecule has 38 heavy (non-hydrogen) atoms. The largest absolute Gasteiger partial charge is 0.495 e. The van der Waals surface area contributed by atoms with Gasteiger partial charge in [0.2, 0.25) is 10.0 Å². The van der Waals surface area contributed by atoms with Crippen LogP contribution in [0, 0.1) is 0 Å². The SMILES string of the molecule is COc1ccccc1NC(=O)COc1ccc(/C=N\NC(=O)CN(c2cc(Cl)cc(Cl)c2)S(C)(=O)=O)cc1. The van der Waals surface area contributed by atoms with Crippen molar-refractivity contribution < 1.29 is 27.5 Å². The number of amides is 2. The van der Waals surface area contributed by atoms with Gasteiger partial charge < -0.3 is 14.8 Å². The Bertz CT molecular complexity index is 1410. The number of ether oxygens (including phenoxy) is 2. The fourth-order valence-corrected chi connectivity index (χ4v) is 4.52. The van der Waals surface area contributed by atoms with Crippen molar-refractivity contribution in [3.8, 4) is 11.5 Å². The third-order valence-corrected chi connectivity index (χ3v) is 6.43. The molecule has 0 aliphatic carbocycles. The minimum atomic E-state index is -3.81. The first kappa shape index (κ1) is 28.8. The lowest BCUT2D eigenvalue weighted by Crippen LogP contribution is -2.39. The molecule has 0 unspecified atom stereocenters. The molecule has 3 rings (SSSR count). The van der Waals surface area contributed by atoms with Gasteiger partial charge in [0.25, 0.3) is 11.8 Å². The minimum Gasteiger partial charge on any atom is -0.495 e. The zero-order valence-electron chi connectivity index (χ0n) is 20.4. The molecule has 0 bridgehead atoms. The molecule has 0 aliphatic heterocycles. The maximum atomic E-state index is 12.3. The molecule has 10 nitrogen and oxygen atoms in total. The first-order valence-electron chi connectivity index (χ1n) is 11.0. The molecule has 3 aromatic carbocycles. The molecule has 0 atom stereocenters. The maximum Gasteiger partial charge on any atom is 0.262 e. The van der Waals surface area contributed by atoms with Crippen LogP contribution in [0.15, 0.2) is 71.8 Å². The van der Waals surface area contributed by atoms with Crippen LogP contribution in [0.5, 0.6) is 11.5 Å². The molecule has 0 saturated carbocycles. The summed E-state index contributed by atoms with van der Waals surface area (Å²) in [6, 6.07) is 17.8. The molecule has 0 heterocycles. The van der Waals surface area contributed by atoms with E-state index in [1.54, 1.807) is 48.5 Å². The second-order valence-corrected chi connectivity index (χ2v) is 10.6. The number of sulfonamides is 1. The van der Waals surface area contributed by atoms with Crippen LogP contribution in [0.2, 0.25) is 10.0 Å². The van der Waals surface area contributed by atoms with E-state index < -0.39 is 22.5 Å². The molecule has 3 aromatic rings. The molecule has 0 aromatic heterocycles. The molecule has 2 N–H and O–H groups in total. The molecular formula is C25H24Cl2N4O6S. The lowest BCUT2D eigenvalue weighted by molar-refractivity contribution is -0.119. The van der Waals surface area contributed by atoms with Crippen molar-refractivity contribution in [1.82, 2.24) is 5.43 Å². The predicted molar refractivity (Wildman–Crippen MR) is 148 cm³/mol. The van der Waals surface area contributed by atoms with Crippen molar-refractivity contribution in [3.63, 3.8) is 0 Å². The fraction of sp³-hybridized carbons (Fsp3) is 0.160. The molecule has 200 valence electrons. The van der Waals surface area contributed by atoms with Gasteiger partial charge in [-0.25, -0.2) is 13.8 Å². The molecule has 0 radical (unpaired) electrons. The van der Waals surface area contributed by atoms with Gasteiger partial charge in [-0.05, 0) is 60.2 Å². The monoisotopic (exact) mass is 578 g/mol. The second kappa shape index (κ2) is 13.1. The van der Waals surface area contributed by atoms with Crippen LogP contribution < -0.4 is 24.5 Å². The first-order chi connectivity index (χ1) is 18.0. The third-order valence-electron chi connectivity index (χ3n) is 4.86. The topological polar surface area (TPSA) is 126 Å². The number of carbonyl (C=O) groups is 2. The predicted octanol–water partition coefficient (Wildman–Crippen LogP) is 3.94. The molecule has 0 spiro atoms. The maximum absolute atomic E-state index is 12.3. The Morgan fingerprint density at radius 3 is 2.29 bits per heavy atom. The van der Waals surface area contributed by atoms with Crippen molar-refractivity contribution in [2.24, 2.45) is 5.10 Å². The lowest BCUT2D eigenvalue weighted by Gasteiger charge is -2.21. The Morgan fingerprint density at radius 1 is 1.00 bits per heavy atom. The van der Waals surface area contributed by atoms with Crippen LogP contribution in [0.25, 0.3) is 0 Å². The van der Waals surface area contributed by atoms with Gasteiger partial charge in [0.15, 0.2) is 6.61 Å². The van der Waals surface area contributed by atoms with Crippen LogP contribution in [-0.4, -0.2) is 53.0 Å². The number of para-hydroxylation sites is 2. The minimum absolute atomic E-state index is 0.149. The van der Waals surface area contributed by atoms with Crippen LogP contribution >= 0.6 is 23.2 Å². The Balaban J connectivity index is 1.52. The first-order valence-corrected chi connectivity index (χ1v) is 13.6. The summed E-state index contributed by atoms with van der Waals surface area (Å²) in [7, 11) is -2.29. The summed E-state index contributed by atoms with van der Waals surface area (Å²) in [5.41, 5.74) is 3.59. The average molecular weight is 579 g/mol. The van der Waals surface area contributed by atoms with Gasteiger partial charge in [0.1, 0.15) is 18.0 Å². The number of halogens is 2. The van der Waals surface area contributed by atoms with Crippen LogP contribution in [0.3, 0.4) is 0 Å². The van der Waals surface area contributed by atoms with Gasteiger partial charge in [-0.1, -0.05) is 35.3 Å². The normalized spacial score (nSPS) is 11.2. The van der Waals surface area contributed by atoms with E-state index in [1.165, 1.54) is 31.5 Å². The molecule has 0 saturated heterocycles. The third kappa shape index (κ3) is 8.65. The number of carbonyl (C=O) groups excluding carboxylic acids is 2. The molecule has 2 amide bonds. The van der Waals surface area contributed by atoms with Crippen molar-refractivity contribution in [3.05, 3.63) is 82.3 Å².